The molecule has 1 aliphatic rings. The van der Waals surface area contributed by atoms with Crippen LogP contribution in [0.4, 0.5) is 11.4 Å². The zero-order valence-corrected chi connectivity index (χ0v) is 14.9. The van der Waals surface area contributed by atoms with Gasteiger partial charge in [0, 0.05) is 11.4 Å². The Labute approximate surface area is 162 Å². The van der Waals surface area contributed by atoms with Crippen LogP contribution in [0.1, 0.15) is 22.2 Å². The Morgan fingerprint density at radius 2 is 1.43 bits per heavy atom. The number of aromatic nitrogens is 3. The minimum absolute atomic E-state index is 0.0696. The van der Waals surface area contributed by atoms with Gasteiger partial charge in [-0.3, -0.25) is 9.69 Å². The highest BCUT2D eigenvalue weighted by molar-refractivity contribution is 6.12. The van der Waals surface area contributed by atoms with Gasteiger partial charge in [0.15, 0.2) is 6.17 Å². The summed E-state index contributed by atoms with van der Waals surface area (Å²) in [6.45, 7) is 0. The number of para-hydroxylation sites is 3. The SMILES string of the molecule is O=C1c2ccccc2NC(c2cnn(-c3ccccc3)n2)N1c1ccccc1. The number of anilines is 2. The smallest absolute Gasteiger partial charge is 0.262 e. The maximum absolute atomic E-state index is 13.3. The van der Waals surface area contributed by atoms with E-state index in [-0.39, 0.29) is 5.91 Å². The first-order chi connectivity index (χ1) is 13.8. The van der Waals surface area contributed by atoms with E-state index in [0.29, 0.717) is 11.3 Å². The van der Waals surface area contributed by atoms with Crippen molar-refractivity contribution in [3.8, 4) is 5.69 Å². The fourth-order valence-corrected chi connectivity index (χ4v) is 3.40. The molecular weight excluding hydrogens is 350 g/mol. The van der Waals surface area contributed by atoms with Gasteiger partial charge in [-0.2, -0.15) is 9.90 Å². The Hall–Kier alpha value is -3.93. The Kier molecular flexibility index (Phi) is 3.87. The lowest BCUT2D eigenvalue weighted by molar-refractivity contribution is 0.0974. The van der Waals surface area contributed by atoms with Crippen molar-refractivity contribution in [1.29, 1.82) is 0 Å². The predicted molar refractivity (Wildman–Crippen MR) is 107 cm³/mol. The molecule has 6 nitrogen and oxygen atoms in total. The van der Waals surface area contributed by atoms with Gasteiger partial charge in [0.1, 0.15) is 5.69 Å². The van der Waals surface area contributed by atoms with E-state index < -0.39 is 6.17 Å². The molecule has 5 rings (SSSR count). The van der Waals surface area contributed by atoms with Crippen LogP contribution < -0.4 is 10.2 Å². The summed E-state index contributed by atoms with van der Waals surface area (Å²) < 4.78 is 0. The van der Waals surface area contributed by atoms with E-state index in [1.807, 2.05) is 84.9 Å². The van der Waals surface area contributed by atoms with Gasteiger partial charge in [-0.1, -0.05) is 48.5 Å². The average molecular weight is 367 g/mol. The van der Waals surface area contributed by atoms with E-state index in [9.17, 15) is 4.79 Å². The zero-order valence-electron chi connectivity index (χ0n) is 14.9. The molecule has 28 heavy (non-hydrogen) atoms. The number of amides is 1. The maximum atomic E-state index is 13.3. The summed E-state index contributed by atoms with van der Waals surface area (Å²) in [4.78, 5) is 16.6. The van der Waals surface area contributed by atoms with E-state index in [0.717, 1.165) is 17.1 Å². The first kappa shape index (κ1) is 16.3. The van der Waals surface area contributed by atoms with Gasteiger partial charge in [-0.15, -0.1) is 5.10 Å². The second-order valence-electron chi connectivity index (χ2n) is 6.50. The minimum Gasteiger partial charge on any atom is -0.359 e. The molecule has 0 radical (unpaired) electrons. The standard InChI is InChI=1S/C22H17N5O/c28-22-18-13-7-8-14-19(18)24-21(26(22)16-9-3-1-4-10-16)20-15-23-27(25-20)17-11-5-2-6-12-17/h1-15,21,24H. The van der Waals surface area contributed by atoms with Gasteiger partial charge < -0.3 is 5.32 Å². The summed E-state index contributed by atoms with van der Waals surface area (Å²) in [5.41, 5.74) is 3.75. The molecule has 0 saturated heterocycles. The molecule has 2 heterocycles. The molecule has 136 valence electrons. The van der Waals surface area contributed by atoms with Crippen LogP contribution in [-0.4, -0.2) is 20.9 Å². The highest BCUT2D eigenvalue weighted by Crippen LogP contribution is 2.35. The third-order valence-electron chi connectivity index (χ3n) is 4.74. The number of hydrogen-bond acceptors (Lipinski definition) is 4. The second kappa shape index (κ2) is 6.66. The normalized spacial score (nSPS) is 15.8. The number of carbonyl (C=O) groups is 1. The monoisotopic (exact) mass is 367 g/mol. The first-order valence-electron chi connectivity index (χ1n) is 9.03. The highest BCUT2D eigenvalue weighted by atomic mass is 16.2. The average Bonchev–Trinajstić information content (AvgIpc) is 3.25. The Morgan fingerprint density at radius 3 is 2.18 bits per heavy atom. The number of nitrogens with one attached hydrogen (secondary N) is 1. The molecule has 0 spiro atoms. The summed E-state index contributed by atoms with van der Waals surface area (Å²) in [7, 11) is 0. The van der Waals surface area contributed by atoms with Crippen molar-refractivity contribution in [1.82, 2.24) is 15.0 Å². The predicted octanol–water partition coefficient (Wildman–Crippen LogP) is 4.04. The Bertz CT molecular complexity index is 1120. The van der Waals surface area contributed by atoms with Crippen molar-refractivity contribution in [3.63, 3.8) is 0 Å². The number of rotatable bonds is 3. The van der Waals surface area contributed by atoms with Gasteiger partial charge >= 0.3 is 0 Å². The molecule has 1 aromatic heterocycles. The van der Waals surface area contributed by atoms with Crippen LogP contribution in [0.5, 0.6) is 0 Å². The molecule has 0 aliphatic carbocycles. The Morgan fingerprint density at radius 1 is 0.786 bits per heavy atom. The molecule has 4 aromatic rings. The van der Waals surface area contributed by atoms with Crippen LogP contribution in [0.3, 0.4) is 0 Å². The lowest BCUT2D eigenvalue weighted by Gasteiger charge is -2.36. The van der Waals surface area contributed by atoms with Gasteiger partial charge in [0.25, 0.3) is 5.91 Å². The number of hydrogen-bond donors (Lipinski definition) is 1. The van der Waals surface area contributed by atoms with Gasteiger partial charge in [-0.05, 0) is 36.4 Å². The first-order valence-corrected chi connectivity index (χ1v) is 9.03. The van der Waals surface area contributed by atoms with Crippen molar-refractivity contribution in [2.75, 3.05) is 10.2 Å². The quantitative estimate of drug-likeness (QED) is 0.594. The molecule has 1 unspecified atom stereocenters. The topological polar surface area (TPSA) is 63.1 Å². The number of nitrogens with zero attached hydrogens (tertiary/aromatic N) is 4. The molecule has 0 saturated carbocycles. The summed E-state index contributed by atoms with van der Waals surface area (Å²) in [5, 5.41) is 12.5. The molecule has 3 aromatic carbocycles. The van der Waals surface area contributed by atoms with E-state index in [4.69, 9.17) is 0 Å². The van der Waals surface area contributed by atoms with Crippen LogP contribution in [0.15, 0.2) is 91.1 Å². The fourth-order valence-electron chi connectivity index (χ4n) is 3.40. The highest BCUT2D eigenvalue weighted by Gasteiger charge is 2.35. The minimum atomic E-state index is -0.456. The summed E-state index contributed by atoms with van der Waals surface area (Å²) in [6.07, 6.45) is 1.24. The van der Waals surface area contributed by atoms with Crippen molar-refractivity contribution in [3.05, 3.63) is 102 Å². The van der Waals surface area contributed by atoms with Crippen molar-refractivity contribution >= 4 is 17.3 Å². The lowest BCUT2D eigenvalue weighted by Crippen LogP contribution is -2.43. The summed E-state index contributed by atoms with van der Waals surface area (Å²) in [6, 6.07) is 26.8. The van der Waals surface area contributed by atoms with Crippen molar-refractivity contribution in [2.45, 2.75) is 6.17 Å². The molecular formula is C22H17N5O. The third-order valence-corrected chi connectivity index (χ3v) is 4.74. The molecule has 1 aliphatic heterocycles. The lowest BCUT2D eigenvalue weighted by atomic mass is 10.1. The summed E-state index contributed by atoms with van der Waals surface area (Å²) >= 11 is 0. The second-order valence-corrected chi connectivity index (χ2v) is 6.50. The van der Waals surface area contributed by atoms with Gasteiger partial charge in [0.05, 0.1) is 17.4 Å². The number of benzene rings is 3. The number of carbonyl (C=O) groups excluding carboxylic acids is 1. The van der Waals surface area contributed by atoms with E-state index in [2.05, 4.69) is 15.5 Å². The molecule has 0 bridgehead atoms. The van der Waals surface area contributed by atoms with Crippen LogP contribution in [0, 0.1) is 0 Å². The van der Waals surface area contributed by atoms with Crippen molar-refractivity contribution in [2.24, 2.45) is 0 Å². The van der Waals surface area contributed by atoms with E-state index in [1.165, 1.54) is 0 Å². The van der Waals surface area contributed by atoms with Crippen LogP contribution in [0.25, 0.3) is 5.69 Å². The maximum Gasteiger partial charge on any atom is 0.262 e. The van der Waals surface area contributed by atoms with E-state index >= 15 is 0 Å². The van der Waals surface area contributed by atoms with E-state index in [1.54, 1.807) is 15.9 Å². The van der Waals surface area contributed by atoms with Gasteiger partial charge in [-0.25, -0.2) is 0 Å². The van der Waals surface area contributed by atoms with Crippen molar-refractivity contribution < 1.29 is 4.79 Å². The van der Waals surface area contributed by atoms with Crippen LogP contribution in [-0.2, 0) is 0 Å². The largest absolute Gasteiger partial charge is 0.359 e. The summed E-state index contributed by atoms with van der Waals surface area (Å²) in [5.74, 6) is -0.0696. The fraction of sp³-hybridized carbons (Fsp3) is 0.0455. The van der Waals surface area contributed by atoms with Crippen LogP contribution >= 0.6 is 0 Å². The zero-order chi connectivity index (χ0) is 18.9. The molecule has 1 amide bonds. The number of fused-ring (bicyclic) bond motifs is 1. The molecule has 1 N–H and O–H groups in total. The molecule has 0 fully saturated rings. The molecule has 6 heteroatoms. The third kappa shape index (κ3) is 2.72. The Balaban J connectivity index is 1.60. The van der Waals surface area contributed by atoms with Gasteiger partial charge in [0.2, 0.25) is 0 Å². The molecule has 1 atom stereocenters. The van der Waals surface area contributed by atoms with Crippen LogP contribution in [0.2, 0.25) is 0 Å².